The fraction of sp³-hybridized carbons (Fsp3) is 0.0909. The van der Waals surface area contributed by atoms with Gasteiger partial charge in [0.15, 0.2) is 0 Å². The van der Waals surface area contributed by atoms with E-state index in [2.05, 4.69) is 45.0 Å². The highest BCUT2D eigenvalue weighted by molar-refractivity contribution is 9.10. The summed E-state index contributed by atoms with van der Waals surface area (Å²) in [6.07, 6.45) is 1.72. The first-order valence-electron chi connectivity index (χ1n) is 4.48. The molecule has 2 aromatic rings. The molecular weight excluding hydrogens is 272 g/mol. The Bertz CT molecular complexity index is 548. The van der Waals surface area contributed by atoms with Gasteiger partial charge in [-0.05, 0) is 28.9 Å². The van der Waals surface area contributed by atoms with Crippen LogP contribution in [-0.2, 0) is 0 Å². The molecule has 0 saturated heterocycles. The molecule has 0 aliphatic carbocycles. The standard InChI is InChI=1S/C11H9BrN2S/c1-7-3-2-4-8(5-7)10-13-6-9(12)11(15)14-10/h2-6H,1H3,(H,13,14,15). The van der Waals surface area contributed by atoms with E-state index in [1.54, 1.807) is 6.20 Å². The second-order valence-corrected chi connectivity index (χ2v) is 4.54. The Morgan fingerprint density at radius 3 is 2.87 bits per heavy atom. The molecule has 0 spiro atoms. The lowest BCUT2D eigenvalue weighted by Crippen LogP contribution is -1.89. The van der Waals surface area contributed by atoms with Gasteiger partial charge in [-0.1, -0.05) is 36.0 Å². The third-order valence-corrected chi connectivity index (χ3v) is 3.23. The van der Waals surface area contributed by atoms with Gasteiger partial charge in [0.2, 0.25) is 0 Å². The SMILES string of the molecule is Cc1cccc(-c2ncc(Br)c(=S)[nH]2)c1. The number of hydrogen-bond acceptors (Lipinski definition) is 2. The second kappa shape index (κ2) is 4.24. The quantitative estimate of drug-likeness (QED) is 0.804. The number of aryl methyl sites for hydroxylation is 1. The minimum absolute atomic E-state index is 0.668. The lowest BCUT2D eigenvalue weighted by molar-refractivity contribution is 1.14. The molecule has 0 saturated carbocycles. The predicted octanol–water partition coefficient (Wildman–Crippen LogP) is 3.88. The number of halogens is 1. The van der Waals surface area contributed by atoms with E-state index < -0.39 is 0 Å². The van der Waals surface area contributed by atoms with Crippen LogP contribution in [0.1, 0.15) is 5.56 Å². The molecule has 1 aromatic carbocycles. The molecule has 0 aliphatic rings. The van der Waals surface area contributed by atoms with E-state index in [0.29, 0.717) is 4.64 Å². The highest BCUT2D eigenvalue weighted by Gasteiger charge is 2.00. The van der Waals surface area contributed by atoms with Gasteiger partial charge in [-0.2, -0.15) is 0 Å². The number of nitrogens with one attached hydrogen (secondary N) is 1. The van der Waals surface area contributed by atoms with Crippen molar-refractivity contribution >= 4 is 28.1 Å². The zero-order valence-electron chi connectivity index (χ0n) is 8.12. The van der Waals surface area contributed by atoms with Crippen molar-refractivity contribution in [2.24, 2.45) is 0 Å². The molecule has 0 aliphatic heterocycles. The first-order chi connectivity index (χ1) is 7.16. The summed E-state index contributed by atoms with van der Waals surface area (Å²) in [5, 5.41) is 0. The monoisotopic (exact) mass is 280 g/mol. The van der Waals surface area contributed by atoms with Gasteiger partial charge < -0.3 is 4.98 Å². The van der Waals surface area contributed by atoms with Crippen molar-refractivity contribution in [3.63, 3.8) is 0 Å². The van der Waals surface area contributed by atoms with E-state index in [9.17, 15) is 0 Å². The van der Waals surface area contributed by atoms with Crippen LogP contribution in [-0.4, -0.2) is 9.97 Å². The van der Waals surface area contributed by atoms with Crippen LogP contribution >= 0.6 is 28.1 Å². The summed E-state index contributed by atoms with van der Waals surface area (Å²) in [7, 11) is 0. The summed E-state index contributed by atoms with van der Waals surface area (Å²) in [6, 6.07) is 8.14. The first kappa shape index (κ1) is 10.5. The van der Waals surface area contributed by atoms with Gasteiger partial charge in [0.05, 0.1) is 4.47 Å². The molecule has 1 aromatic heterocycles. The van der Waals surface area contributed by atoms with Gasteiger partial charge in [0, 0.05) is 11.8 Å². The highest BCUT2D eigenvalue weighted by atomic mass is 79.9. The normalized spacial score (nSPS) is 10.3. The fourth-order valence-electron chi connectivity index (χ4n) is 1.32. The topological polar surface area (TPSA) is 28.7 Å². The zero-order chi connectivity index (χ0) is 10.8. The van der Waals surface area contributed by atoms with Crippen LogP contribution < -0.4 is 0 Å². The summed E-state index contributed by atoms with van der Waals surface area (Å²) in [5.74, 6) is 0.798. The second-order valence-electron chi connectivity index (χ2n) is 3.28. The smallest absolute Gasteiger partial charge is 0.138 e. The molecule has 2 rings (SSSR count). The van der Waals surface area contributed by atoms with Gasteiger partial charge in [0.1, 0.15) is 10.5 Å². The van der Waals surface area contributed by atoms with E-state index in [1.807, 2.05) is 12.1 Å². The lowest BCUT2D eigenvalue weighted by Gasteiger charge is -2.02. The van der Waals surface area contributed by atoms with Crippen LogP contribution in [0.3, 0.4) is 0 Å². The molecule has 2 nitrogen and oxygen atoms in total. The number of H-pyrrole nitrogens is 1. The number of rotatable bonds is 1. The Labute approximate surface area is 102 Å². The van der Waals surface area contributed by atoms with Crippen molar-refractivity contribution in [3.8, 4) is 11.4 Å². The molecule has 1 N–H and O–H groups in total. The average molecular weight is 281 g/mol. The van der Waals surface area contributed by atoms with E-state index >= 15 is 0 Å². The number of hydrogen-bond donors (Lipinski definition) is 1. The maximum atomic E-state index is 5.13. The lowest BCUT2D eigenvalue weighted by atomic mass is 10.1. The average Bonchev–Trinajstić information content (AvgIpc) is 2.22. The molecule has 0 bridgehead atoms. The zero-order valence-corrected chi connectivity index (χ0v) is 10.5. The Morgan fingerprint density at radius 2 is 2.20 bits per heavy atom. The molecular formula is C11H9BrN2S. The molecule has 15 heavy (non-hydrogen) atoms. The van der Waals surface area contributed by atoms with Gasteiger partial charge in [0.25, 0.3) is 0 Å². The summed E-state index contributed by atoms with van der Waals surface area (Å²) >= 11 is 8.45. The molecule has 76 valence electrons. The Morgan fingerprint density at radius 1 is 1.40 bits per heavy atom. The Hall–Kier alpha value is -1.000. The van der Waals surface area contributed by atoms with E-state index in [1.165, 1.54) is 5.56 Å². The fourth-order valence-corrected chi connectivity index (χ4v) is 1.67. The molecule has 0 atom stereocenters. The van der Waals surface area contributed by atoms with E-state index in [4.69, 9.17) is 12.2 Å². The van der Waals surface area contributed by atoms with Crippen molar-refractivity contribution < 1.29 is 0 Å². The van der Waals surface area contributed by atoms with Crippen LogP contribution in [0, 0.1) is 11.6 Å². The molecule has 0 unspecified atom stereocenters. The minimum atomic E-state index is 0.668. The van der Waals surface area contributed by atoms with Gasteiger partial charge in [-0.3, -0.25) is 0 Å². The van der Waals surface area contributed by atoms with Gasteiger partial charge in [-0.25, -0.2) is 4.98 Å². The van der Waals surface area contributed by atoms with Crippen molar-refractivity contribution in [3.05, 3.63) is 45.1 Å². The maximum absolute atomic E-state index is 5.13. The summed E-state index contributed by atoms with van der Waals surface area (Å²) in [4.78, 5) is 7.36. The van der Waals surface area contributed by atoms with Crippen molar-refractivity contribution in [1.82, 2.24) is 9.97 Å². The van der Waals surface area contributed by atoms with Crippen LogP contribution in [0.25, 0.3) is 11.4 Å². The van der Waals surface area contributed by atoms with Crippen LogP contribution in [0.5, 0.6) is 0 Å². The number of aromatic amines is 1. The molecule has 0 radical (unpaired) electrons. The molecule has 0 amide bonds. The van der Waals surface area contributed by atoms with Crippen molar-refractivity contribution in [2.75, 3.05) is 0 Å². The summed E-state index contributed by atoms with van der Waals surface area (Å²) < 4.78 is 1.48. The molecule has 0 fully saturated rings. The van der Waals surface area contributed by atoms with Crippen molar-refractivity contribution in [1.29, 1.82) is 0 Å². The molecule has 1 heterocycles. The summed E-state index contributed by atoms with van der Waals surface area (Å²) in [6.45, 7) is 2.05. The minimum Gasteiger partial charge on any atom is -0.330 e. The van der Waals surface area contributed by atoms with Crippen LogP contribution in [0.15, 0.2) is 34.9 Å². The maximum Gasteiger partial charge on any atom is 0.138 e. The third kappa shape index (κ3) is 2.33. The Balaban J connectivity index is 2.55. The Kier molecular flexibility index (Phi) is 2.98. The van der Waals surface area contributed by atoms with E-state index in [0.717, 1.165) is 15.9 Å². The van der Waals surface area contributed by atoms with Gasteiger partial charge >= 0.3 is 0 Å². The predicted molar refractivity (Wildman–Crippen MR) is 67.3 cm³/mol. The van der Waals surface area contributed by atoms with E-state index in [-0.39, 0.29) is 0 Å². The molecule has 4 heteroatoms. The summed E-state index contributed by atoms with van der Waals surface area (Å²) in [5.41, 5.74) is 2.25. The van der Waals surface area contributed by atoms with Gasteiger partial charge in [-0.15, -0.1) is 0 Å². The first-order valence-corrected chi connectivity index (χ1v) is 5.69. The largest absolute Gasteiger partial charge is 0.330 e. The van der Waals surface area contributed by atoms with Crippen molar-refractivity contribution in [2.45, 2.75) is 6.92 Å². The number of benzene rings is 1. The van der Waals surface area contributed by atoms with Crippen LogP contribution in [0.4, 0.5) is 0 Å². The number of aromatic nitrogens is 2. The van der Waals surface area contributed by atoms with Crippen LogP contribution in [0.2, 0.25) is 0 Å². The number of nitrogens with zero attached hydrogens (tertiary/aromatic N) is 1. The third-order valence-electron chi connectivity index (χ3n) is 2.05. The highest BCUT2D eigenvalue weighted by Crippen LogP contribution is 2.17.